The molecule has 0 bridgehead atoms. The van der Waals surface area contributed by atoms with E-state index in [2.05, 4.69) is 29.4 Å². The predicted octanol–water partition coefficient (Wildman–Crippen LogP) is 4.71. The lowest BCUT2D eigenvalue weighted by atomic mass is 10.1. The van der Waals surface area contributed by atoms with Gasteiger partial charge >= 0.3 is 0 Å². The van der Waals surface area contributed by atoms with E-state index in [0.29, 0.717) is 30.0 Å². The number of carbonyl (C=O) groups excluding carboxylic acids is 1. The number of benzene rings is 2. The summed E-state index contributed by atoms with van der Waals surface area (Å²) >= 11 is 1.60. The Kier molecular flexibility index (Phi) is 6.08. The van der Waals surface area contributed by atoms with E-state index < -0.39 is 0 Å². The van der Waals surface area contributed by atoms with Crippen LogP contribution in [-0.2, 0) is 11.2 Å². The lowest BCUT2D eigenvalue weighted by molar-refractivity contribution is -0.116. The second-order valence-corrected chi connectivity index (χ2v) is 6.93. The fraction of sp³-hybridized carbons (Fsp3) is 0.238. The lowest BCUT2D eigenvalue weighted by Crippen LogP contribution is -2.13. The van der Waals surface area contributed by atoms with Crippen molar-refractivity contribution < 1.29 is 14.3 Å². The van der Waals surface area contributed by atoms with Crippen LogP contribution in [0, 0.1) is 6.92 Å². The zero-order valence-electron chi connectivity index (χ0n) is 15.6. The number of nitrogens with zero attached hydrogens (tertiary/aromatic N) is 1. The monoisotopic (exact) mass is 382 g/mol. The molecule has 2 aromatic carbocycles. The number of rotatable bonds is 7. The van der Waals surface area contributed by atoms with Crippen LogP contribution >= 0.6 is 11.3 Å². The van der Waals surface area contributed by atoms with E-state index in [1.807, 2.05) is 17.5 Å². The lowest BCUT2D eigenvalue weighted by Gasteiger charge is -2.11. The Balaban J connectivity index is 1.63. The molecule has 3 rings (SSSR count). The first-order valence-electron chi connectivity index (χ1n) is 8.63. The molecule has 6 heteroatoms. The minimum Gasteiger partial charge on any atom is -0.497 e. The standard InChI is InChI=1S/C21H22N2O3S/c1-14-6-4-5-7-17(14)21-22-15(13-27-21)8-11-20(24)23-18-12-16(25-2)9-10-19(18)26-3/h4-7,9-10,12-13H,8,11H2,1-3H3,(H,23,24). The molecule has 1 aromatic heterocycles. The average molecular weight is 382 g/mol. The van der Waals surface area contributed by atoms with Crippen LogP contribution in [0.2, 0.25) is 0 Å². The summed E-state index contributed by atoms with van der Waals surface area (Å²) in [6.07, 6.45) is 0.928. The zero-order chi connectivity index (χ0) is 19.2. The van der Waals surface area contributed by atoms with Gasteiger partial charge in [-0.15, -0.1) is 11.3 Å². The van der Waals surface area contributed by atoms with Gasteiger partial charge in [-0.1, -0.05) is 24.3 Å². The molecule has 0 unspecified atom stereocenters. The van der Waals surface area contributed by atoms with E-state index in [9.17, 15) is 4.79 Å². The topological polar surface area (TPSA) is 60.5 Å². The third-order valence-electron chi connectivity index (χ3n) is 4.22. The van der Waals surface area contributed by atoms with Crippen molar-refractivity contribution in [2.24, 2.45) is 0 Å². The molecule has 0 atom stereocenters. The second-order valence-electron chi connectivity index (χ2n) is 6.07. The van der Waals surface area contributed by atoms with Gasteiger partial charge in [0.15, 0.2) is 0 Å². The number of carbonyl (C=O) groups is 1. The molecular weight excluding hydrogens is 360 g/mol. The molecule has 0 aliphatic heterocycles. The zero-order valence-corrected chi connectivity index (χ0v) is 16.4. The first-order chi connectivity index (χ1) is 13.1. The van der Waals surface area contributed by atoms with E-state index in [0.717, 1.165) is 16.3 Å². The van der Waals surface area contributed by atoms with Crippen LogP contribution < -0.4 is 14.8 Å². The Morgan fingerprint density at radius 1 is 1.15 bits per heavy atom. The molecule has 0 fully saturated rings. The highest BCUT2D eigenvalue weighted by Gasteiger charge is 2.11. The fourth-order valence-corrected chi connectivity index (χ4v) is 3.67. The Labute approximate surface area is 163 Å². The SMILES string of the molecule is COc1ccc(OC)c(NC(=O)CCc2csc(-c3ccccc3C)n2)c1. The first-order valence-corrected chi connectivity index (χ1v) is 9.51. The molecule has 0 spiro atoms. The van der Waals surface area contributed by atoms with Gasteiger partial charge < -0.3 is 14.8 Å². The van der Waals surface area contributed by atoms with E-state index >= 15 is 0 Å². The number of nitrogens with one attached hydrogen (secondary N) is 1. The summed E-state index contributed by atoms with van der Waals surface area (Å²) in [5, 5.41) is 5.89. The van der Waals surface area contributed by atoms with Gasteiger partial charge in [0.25, 0.3) is 0 Å². The van der Waals surface area contributed by atoms with Gasteiger partial charge in [0.05, 0.1) is 25.6 Å². The van der Waals surface area contributed by atoms with Crippen LogP contribution in [0.4, 0.5) is 5.69 Å². The van der Waals surface area contributed by atoms with Crippen molar-refractivity contribution in [2.75, 3.05) is 19.5 Å². The van der Waals surface area contributed by atoms with Gasteiger partial charge in [0.1, 0.15) is 16.5 Å². The molecule has 0 aliphatic carbocycles. The Morgan fingerprint density at radius 2 is 1.96 bits per heavy atom. The Morgan fingerprint density at radius 3 is 2.70 bits per heavy atom. The number of ether oxygens (including phenoxy) is 2. The van der Waals surface area contributed by atoms with E-state index in [1.165, 1.54) is 5.56 Å². The molecule has 140 valence electrons. The highest BCUT2D eigenvalue weighted by atomic mass is 32.1. The van der Waals surface area contributed by atoms with Crippen LogP contribution in [0.15, 0.2) is 47.8 Å². The molecule has 0 saturated heterocycles. The summed E-state index contributed by atoms with van der Waals surface area (Å²) < 4.78 is 10.5. The summed E-state index contributed by atoms with van der Waals surface area (Å²) in [6, 6.07) is 13.5. The quantitative estimate of drug-likeness (QED) is 0.643. The van der Waals surface area contributed by atoms with Crippen molar-refractivity contribution >= 4 is 22.9 Å². The number of hydrogen-bond acceptors (Lipinski definition) is 5. The van der Waals surface area contributed by atoms with E-state index in [4.69, 9.17) is 9.47 Å². The summed E-state index contributed by atoms with van der Waals surface area (Å²) in [7, 11) is 3.15. The number of aromatic nitrogens is 1. The second kappa shape index (κ2) is 8.68. The van der Waals surface area contributed by atoms with E-state index in [-0.39, 0.29) is 5.91 Å². The van der Waals surface area contributed by atoms with Crippen molar-refractivity contribution in [1.82, 2.24) is 4.98 Å². The van der Waals surface area contributed by atoms with Crippen molar-refractivity contribution in [3.05, 3.63) is 59.1 Å². The van der Waals surface area contributed by atoms with Crippen LogP contribution in [0.25, 0.3) is 10.6 Å². The van der Waals surface area contributed by atoms with Gasteiger partial charge in [-0.3, -0.25) is 4.79 Å². The summed E-state index contributed by atoms with van der Waals surface area (Å²) in [5.74, 6) is 1.17. The van der Waals surface area contributed by atoms with Gasteiger partial charge in [-0.05, 0) is 31.0 Å². The molecule has 0 aliphatic rings. The van der Waals surface area contributed by atoms with Crippen molar-refractivity contribution in [2.45, 2.75) is 19.8 Å². The average Bonchev–Trinajstić information content (AvgIpc) is 3.15. The third kappa shape index (κ3) is 4.65. The van der Waals surface area contributed by atoms with Crippen molar-refractivity contribution in [1.29, 1.82) is 0 Å². The minimum absolute atomic E-state index is 0.0907. The molecule has 1 amide bonds. The molecule has 1 N–H and O–H groups in total. The number of thiazole rings is 1. The highest BCUT2D eigenvalue weighted by molar-refractivity contribution is 7.13. The maximum atomic E-state index is 12.4. The Bertz CT molecular complexity index is 937. The number of anilines is 1. The summed E-state index contributed by atoms with van der Waals surface area (Å²) in [4.78, 5) is 17.0. The number of hydrogen-bond donors (Lipinski definition) is 1. The fourth-order valence-electron chi connectivity index (χ4n) is 2.72. The van der Waals surface area contributed by atoms with Crippen molar-refractivity contribution in [3.63, 3.8) is 0 Å². The summed E-state index contributed by atoms with van der Waals surface area (Å²) in [5.41, 5.74) is 3.85. The van der Waals surface area contributed by atoms with Crippen LogP contribution in [0.3, 0.4) is 0 Å². The van der Waals surface area contributed by atoms with Gasteiger partial charge in [0, 0.05) is 23.4 Å². The largest absolute Gasteiger partial charge is 0.497 e. The maximum Gasteiger partial charge on any atom is 0.224 e. The van der Waals surface area contributed by atoms with E-state index in [1.54, 1.807) is 43.8 Å². The van der Waals surface area contributed by atoms with Gasteiger partial charge in [-0.25, -0.2) is 4.98 Å². The van der Waals surface area contributed by atoms with Crippen molar-refractivity contribution in [3.8, 4) is 22.1 Å². The maximum absolute atomic E-state index is 12.4. The number of methoxy groups -OCH3 is 2. The van der Waals surface area contributed by atoms with Crippen LogP contribution in [-0.4, -0.2) is 25.1 Å². The molecular formula is C21H22N2O3S. The van der Waals surface area contributed by atoms with Crippen LogP contribution in [0.5, 0.6) is 11.5 Å². The van der Waals surface area contributed by atoms with Crippen LogP contribution in [0.1, 0.15) is 17.7 Å². The van der Waals surface area contributed by atoms with Gasteiger partial charge in [-0.2, -0.15) is 0 Å². The molecule has 0 radical (unpaired) electrons. The molecule has 0 saturated carbocycles. The predicted molar refractivity (Wildman–Crippen MR) is 109 cm³/mol. The van der Waals surface area contributed by atoms with Gasteiger partial charge in [0.2, 0.25) is 5.91 Å². The number of amides is 1. The molecule has 1 heterocycles. The normalized spacial score (nSPS) is 10.5. The first kappa shape index (κ1) is 18.9. The molecule has 5 nitrogen and oxygen atoms in total. The highest BCUT2D eigenvalue weighted by Crippen LogP contribution is 2.29. The minimum atomic E-state index is -0.0907. The number of aryl methyl sites for hydroxylation is 2. The smallest absolute Gasteiger partial charge is 0.224 e. The molecule has 27 heavy (non-hydrogen) atoms. The third-order valence-corrected chi connectivity index (χ3v) is 5.14. The Hall–Kier alpha value is -2.86. The summed E-state index contributed by atoms with van der Waals surface area (Å²) in [6.45, 7) is 2.07. The molecule has 3 aromatic rings.